The van der Waals surface area contributed by atoms with Gasteiger partial charge in [0.2, 0.25) is 0 Å². The molecule has 2 rings (SSSR count). The second-order valence-electron chi connectivity index (χ2n) is 5.10. The van der Waals surface area contributed by atoms with Crippen molar-refractivity contribution in [2.45, 2.75) is 20.0 Å². The highest BCUT2D eigenvalue weighted by molar-refractivity contribution is 5.29. The van der Waals surface area contributed by atoms with Crippen molar-refractivity contribution in [2.75, 3.05) is 20.8 Å². The molecule has 0 radical (unpaired) electrons. The molecule has 0 saturated carbocycles. The summed E-state index contributed by atoms with van der Waals surface area (Å²) in [5.74, 6) is 1.83. The van der Waals surface area contributed by atoms with Crippen molar-refractivity contribution < 1.29 is 9.47 Å². The lowest BCUT2D eigenvalue weighted by atomic mass is 10.1. The zero-order valence-corrected chi connectivity index (χ0v) is 13.0. The summed E-state index contributed by atoms with van der Waals surface area (Å²) in [5, 5.41) is 0. The lowest BCUT2D eigenvalue weighted by Gasteiger charge is -2.17. The summed E-state index contributed by atoms with van der Waals surface area (Å²) in [4.78, 5) is 2.28. The van der Waals surface area contributed by atoms with E-state index in [1.807, 2.05) is 31.2 Å². The fourth-order valence-corrected chi connectivity index (χ4v) is 2.31. The van der Waals surface area contributed by atoms with Crippen molar-refractivity contribution in [1.82, 2.24) is 4.90 Å². The number of benzene rings is 2. The Morgan fingerprint density at radius 3 is 2.29 bits per heavy atom. The van der Waals surface area contributed by atoms with Gasteiger partial charge in [-0.1, -0.05) is 24.3 Å². The summed E-state index contributed by atoms with van der Waals surface area (Å²) in [6, 6.07) is 16.5. The number of nitrogens with zero attached hydrogens (tertiary/aromatic N) is 1. The maximum Gasteiger partial charge on any atom is 0.119 e. The van der Waals surface area contributed by atoms with E-state index in [9.17, 15) is 0 Å². The number of hydrogen-bond acceptors (Lipinski definition) is 3. The van der Waals surface area contributed by atoms with Crippen molar-refractivity contribution in [3.63, 3.8) is 0 Å². The first kappa shape index (κ1) is 15.4. The van der Waals surface area contributed by atoms with E-state index in [1.54, 1.807) is 7.11 Å². The van der Waals surface area contributed by atoms with Gasteiger partial charge in [0, 0.05) is 13.1 Å². The molecular weight excluding hydrogens is 262 g/mol. The molecule has 0 bridgehead atoms. The highest BCUT2D eigenvalue weighted by atomic mass is 16.5. The van der Waals surface area contributed by atoms with Crippen LogP contribution in [-0.4, -0.2) is 25.7 Å². The van der Waals surface area contributed by atoms with Gasteiger partial charge < -0.3 is 9.47 Å². The Labute approximate surface area is 127 Å². The Bertz CT molecular complexity index is 551. The maximum absolute atomic E-state index is 5.46. The minimum Gasteiger partial charge on any atom is -0.497 e. The molecule has 2 aromatic rings. The van der Waals surface area contributed by atoms with Crippen LogP contribution in [0.25, 0.3) is 0 Å². The fraction of sp³-hybridized carbons (Fsp3) is 0.333. The van der Waals surface area contributed by atoms with Crippen LogP contribution < -0.4 is 9.47 Å². The van der Waals surface area contributed by atoms with Gasteiger partial charge in [-0.2, -0.15) is 0 Å². The summed E-state index contributed by atoms with van der Waals surface area (Å²) in [6.07, 6.45) is 0. The molecule has 0 spiro atoms. The average molecular weight is 285 g/mol. The van der Waals surface area contributed by atoms with Gasteiger partial charge >= 0.3 is 0 Å². The standard InChI is InChI=1S/C18H23NO2/c1-4-21-17-10-8-15(9-11-17)13-19(2)14-16-6-5-7-18(12-16)20-3/h5-12H,4,13-14H2,1-3H3. The Kier molecular flexibility index (Phi) is 5.64. The van der Waals surface area contributed by atoms with Crippen LogP contribution in [0.5, 0.6) is 11.5 Å². The van der Waals surface area contributed by atoms with Crippen molar-refractivity contribution in [3.05, 3.63) is 59.7 Å². The van der Waals surface area contributed by atoms with Crippen LogP contribution in [0.2, 0.25) is 0 Å². The number of rotatable bonds is 7. The van der Waals surface area contributed by atoms with Crippen molar-refractivity contribution in [2.24, 2.45) is 0 Å². The molecule has 0 unspecified atom stereocenters. The van der Waals surface area contributed by atoms with Crippen molar-refractivity contribution in [3.8, 4) is 11.5 Å². The quantitative estimate of drug-likeness (QED) is 0.774. The summed E-state index contributed by atoms with van der Waals surface area (Å²) >= 11 is 0. The average Bonchev–Trinajstić information content (AvgIpc) is 2.49. The molecule has 112 valence electrons. The van der Waals surface area contributed by atoms with Gasteiger partial charge in [0.05, 0.1) is 13.7 Å². The minimum atomic E-state index is 0.703. The van der Waals surface area contributed by atoms with E-state index in [0.717, 1.165) is 24.6 Å². The highest BCUT2D eigenvalue weighted by Gasteiger charge is 2.03. The first-order chi connectivity index (χ1) is 10.2. The predicted molar refractivity (Wildman–Crippen MR) is 85.8 cm³/mol. The van der Waals surface area contributed by atoms with Crippen LogP contribution >= 0.6 is 0 Å². The van der Waals surface area contributed by atoms with E-state index < -0.39 is 0 Å². The van der Waals surface area contributed by atoms with Crippen LogP contribution in [0.15, 0.2) is 48.5 Å². The van der Waals surface area contributed by atoms with E-state index in [1.165, 1.54) is 11.1 Å². The van der Waals surface area contributed by atoms with Gasteiger partial charge in [-0.3, -0.25) is 4.90 Å². The van der Waals surface area contributed by atoms with Crippen LogP contribution in [0, 0.1) is 0 Å². The first-order valence-electron chi connectivity index (χ1n) is 7.24. The van der Waals surface area contributed by atoms with Gasteiger partial charge in [-0.05, 0) is 49.4 Å². The normalized spacial score (nSPS) is 10.7. The van der Waals surface area contributed by atoms with Gasteiger partial charge in [-0.15, -0.1) is 0 Å². The van der Waals surface area contributed by atoms with Crippen molar-refractivity contribution >= 4 is 0 Å². The third-order valence-electron chi connectivity index (χ3n) is 3.27. The van der Waals surface area contributed by atoms with E-state index in [-0.39, 0.29) is 0 Å². The lowest BCUT2D eigenvalue weighted by molar-refractivity contribution is 0.317. The SMILES string of the molecule is CCOc1ccc(CN(C)Cc2cccc(OC)c2)cc1. The largest absolute Gasteiger partial charge is 0.497 e. The predicted octanol–water partition coefficient (Wildman–Crippen LogP) is 3.73. The second-order valence-corrected chi connectivity index (χ2v) is 5.10. The number of methoxy groups -OCH3 is 1. The Hall–Kier alpha value is -2.00. The molecule has 0 amide bonds. The van der Waals surface area contributed by atoms with Crippen LogP contribution in [-0.2, 0) is 13.1 Å². The molecule has 0 heterocycles. The molecule has 0 saturated heterocycles. The third kappa shape index (κ3) is 4.80. The molecule has 0 aromatic heterocycles. The van der Waals surface area contributed by atoms with Crippen LogP contribution in [0.4, 0.5) is 0 Å². The molecule has 2 aromatic carbocycles. The Balaban J connectivity index is 1.92. The van der Waals surface area contributed by atoms with Gasteiger partial charge in [0.15, 0.2) is 0 Å². The molecule has 0 aliphatic heterocycles. The van der Waals surface area contributed by atoms with Crippen LogP contribution in [0.3, 0.4) is 0 Å². The molecule has 3 nitrogen and oxygen atoms in total. The minimum absolute atomic E-state index is 0.703. The van der Waals surface area contributed by atoms with Gasteiger partial charge in [-0.25, -0.2) is 0 Å². The number of ether oxygens (including phenoxy) is 2. The Morgan fingerprint density at radius 2 is 1.62 bits per heavy atom. The van der Waals surface area contributed by atoms with Crippen molar-refractivity contribution in [1.29, 1.82) is 0 Å². The second kappa shape index (κ2) is 7.70. The van der Waals surface area contributed by atoms with Gasteiger partial charge in [0.25, 0.3) is 0 Å². The van der Waals surface area contributed by atoms with Gasteiger partial charge in [0.1, 0.15) is 11.5 Å². The zero-order chi connectivity index (χ0) is 15.1. The number of hydrogen-bond donors (Lipinski definition) is 0. The molecule has 0 aliphatic carbocycles. The van der Waals surface area contributed by atoms with E-state index in [4.69, 9.17) is 9.47 Å². The summed E-state index contributed by atoms with van der Waals surface area (Å²) in [6.45, 7) is 4.50. The monoisotopic (exact) mass is 285 g/mol. The lowest BCUT2D eigenvalue weighted by Crippen LogP contribution is -2.17. The van der Waals surface area contributed by atoms with E-state index >= 15 is 0 Å². The first-order valence-corrected chi connectivity index (χ1v) is 7.24. The molecule has 0 fully saturated rings. The summed E-state index contributed by atoms with van der Waals surface area (Å²) in [5.41, 5.74) is 2.53. The molecule has 0 aliphatic rings. The summed E-state index contributed by atoms with van der Waals surface area (Å²) < 4.78 is 10.7. The fourth-order valence-electron chi connectivity index (χ4n) is 2.31. The molecular formula is C18H23NO2. The maximum atomic E-state index is 5.46. The molecule has 21 heavy (non-hydrogen) atoms. The van der Waals surface area contributed by atoms with Crippen LogP contribution in [0.1, 0.15) is 18.1 Å². The highest BCUT2D eigenvalue weighted by Crippen LogP contribution is 2.16. The third-order valence-corrected chi connectivity index (χ3v) is 3.27. The molecule has 0 N–H and O–H groups in total. The molecule has 0 atom stereocenters. The van der Waals surface area contributed by atoms with E-state index in [0.29, 0.717) is 6.61 Å². The molecule has 3 heteroatoms. The summed E-state index contributed by atoms with van der Waals surface area (Å²) in [7, 11) is 3.82. The zero-order valence-electron chi connectivity index (χ0n) is 13.0. The topological polar surface area (TPSA) is 21.7 Å². The van der Waals surface area contributed by atoms with E-state index in [2.05, 4.69) is 36.2 Å². The Morgan fingerprint density at radius 1 is 0.905 bits per heavy atom. The smallest absolute Gasteiger partial charge is 0.119 e.